The zero-order valence-corrected chi connectivity index (χ0v) is 11.9. The average Bonchev–Trinajstić information content (AvgIpc) is 2.43. The number of hydrogen-bond donors (Lipinski definition) is 2. The fraction of sp³-hybridized carbons (Fsp3) is 0.333. The fourth-order valence-corrected chi connectivity index (χ4v) is 2.07. The van der Waals surface area contributed by atoms with E-state index < -0.39 is 5.82 Å². The molecule has 0 spiro atoms. The van der Waals surface area contributed by atoms with Crippen LogP contribution >= 0.6 is 0 Å². The predicted molar refractivity (Wildman–Crippen MR) is 79.4 cm³/mol. The van der Waals surface area contributed by atoms with Crippen molar-refractivity contribution >= 4 is 11.8 Å². The lowest BCUT2D eigenvalue weighted by atomic mass is 10.0. The summed E-state index contributed by atoms with van der Waals surface area (Å²) in [7, 11) is 0. The number of rotatable bonds is 5. The highest BCUT2D eigenvalue weighted by atomic mass is 19.1. The second kappa shape index (κ2) is 6.32. The molecule has 0 fully saturated rings. The Balaban J connectivity index is 2.21. The quantitative estimate of drug-likeness (QED) is 0.875. The summed E-state index contributed by atoms with van der Waals surface area (Å²) in [6, 6.07) is 7.99. The minimum absolute atomic E-state index is 0.0323. The molecular weight excluding hydrogens is 255 g/mol. The average molecular weight is 274 g/mol. The standard InChI is InChI=1S/C15H19FN4/c1-4-17-15-18-9-13(16)14(20-15)19-11(3)12-8-6-5-7-10(12)2/h5-9,11H,4H2,1-3H3,(H2,17,18,19,20). The molecule has 106 valence electrons. The molecule has 20 heavy (non-hydrogen) atoms. The van der Waals surface area contributed by atoms with Gasteiger partial charge in [-0.25, -0.2) is 9.37 Å². The van der Waals surface area contributed by atoms with E-state index in [4.69, 9.17) is 0 Å². The van der Waals surface area contributed by atoms with Gasteiger partial charge in [-0.1, -0.05) is 24.3 Å². The highest BCUT2D eigenvalue weighted by molar-refractivity contribution is 5.44. The first-order chi connectivity index (χ1) is 9.61. The maximum atomic E-state index is 13.8. The van der Waals surface area contributed by atoms with E-state index in [1.807, 2.05) is 45.0 Å². The van der Waals surface area contributed by atoms with Crippen molar-refractivity contribution < 1.29 is 4.39 Å². The fourth-order valence-electron chi connectivity index (χ4n) is 2.07. The molecule has 0 radical (unpaired) electrons. The molecule has 5 heteroatoms. The third kappa shape index (κ3) is 3.23. The first-order valence-electron chi connectivity index (χ1n) is 6.70. The number of nitrogens with zero attached hydrogens (tertiary/aromatic N) is 2. The Morgan fingerprint density at radius 1 is 1.30 bits per heavy atom. The topological polar surface area (TPSA) is 49.8 Å². The van der Waals surface area contributed by atoms with Gasteiger partial charge in [-0.05, 0) is 31.9 Å². The maximum absolute atomic E-state index is 13.8. The summed E-state index contributed by atoms with van der Waals surface area (Å²) in [6.07, 6.45) is 1.18. The minimum Gasteiger partial charge on any atom is -0.361 e. The molecule has 1 atom stereocenters. The van der Waals surface area contributed by atoms with Gasteiger partial charge >= 0.3 is 0 Å². The second-order valence-corrected chi connectivity index (χ2v) is 4.64. The summed E-state index contributed by atoms with van der Waals surface area (Å²) in [5, 5.41) is 6.07. The zero-order chi connectivity index (χ0) is 14.5. The largest absolute Gasteiger partial charge is 0.361 e. The van der Waals surface area contributed by atoms with E-state index in [1.165, 1.54) is 6.20 Å². The van der Waals surface area contributed by atoms with Crippen molar-refractivity contribution in [2.45, 2.75) is 26.8 Å². The van der Waals surface area contributed by atoms with Gasteiger partial charge in [0.2, 0.25) is 5.95 Å². The molecule has 0 amide bonds. The molecule has 1 unspecified atom stereocenters. The molecule has 0 saturated heterocycles. The first kappa shape index (κ1) is 14.2. The first-order valence-corrected chi connectivity index (χ1v) is 6.70. The van der Waals surface area contributed by atoms with Gasteiger partial charge in [-0.2, -0.15) is 4.98 Å². The lowest BCUT2D eigenvalue weighted by molar-refractivity contribution is 0.614. The third-order valence-electron chi connectivity index (χ3n) is 3.09. The number of aromatic nitrogens is 2. The molecule has 0 aliphatic rings. The van der Waals surface area contributed by atoms with Crippen molar-refractivity contribution in [1.82, 2.24) is 9.97 Å². The van der Waals surface area contributed by atoms with Gasteiger partial charge in [0.25, 0.3) is 0 Å². The maximum Gasteiger partial charge on any atom is 0.224 e. The molecule has 2 aromatic rings. The molecule has 0 saturated carbocycles. The van der Waals surface area contributed by atoms with E-state index >= 15 is 0 Å². The van der Waals surface area contributed by atoms with Crippen LogP contribution < -0.4 is 10.6 Å². The van der Waals surface area contributed by atoms with Crippen molar-refractivity contribution in [3.8, 4) is 0 Å². The van der Waals surface area contributed by atoms with E-state index in [-0.39, 0.29) is 11.9 Å². The van der Waals surface area contributed by atoms with Crippen LogP contribution in [0.3, 0.4) is 0 Å². The molecule has 1 aromatic heterocycles. The molecule has 0 bridgehead atoms. The molecule has 4 nitrogen and oxygen atoms in total. The van der Waals surface area contributed by atoms with Crippen LogP contribution in [-0.4, -0.2) is 16.5 Å². The zero-order valence-electron chi connectivity index (χ0n) is 11.9. The van der Waals surface area contributed by atoms with Crippen LogP contribution in [0.25, 0.3) is 0 Å². The van der Waals surface area contributed by atoms with Crippen molar-refractivity contribution in [3.63, 3.8) is 0 Å². The Bertz CT molecular complexity index is 586. The molecular formula is C15H19FN4. The van der Waals surface area contributed by atoms with Gasteiger partial charge in [-0.3, -0.25) is 0 Å². The summed E-state index contributed by atoms with van der Waals surface area (Å²) >= 11 is 0. The number of aryl methyl sites for hydroxylation is 1. The van der Waals surface area contributed by atoms with Crippen molar-refractivity contribution in [1.29, 1.82) is 0 Å². The van der Waals surface area contributed by atoms with Crippen LogP contribution in [0.5, 0.6) is 0 Å². The van der Waals surface area contributed by atoms with E-state index in [0.29, 0.717) is 12.5 Å². The van der Waals surface area contributed by atoms with E-state index in [1.54, 1.807) is 0 Å². The number of halogens is 1. The van der Waals surface area contributed by atoms with Gasteiger partial charge in [0.15, 0.2) is 11.6 Å². The van der Waals surface area contributed by atoms with Crippen LogP contribution in [0, 0.1) is 12.7 Å². The van der Waals surface area contributed by atoms with E-state index in [9.17, 15) is 4.39 Å². The number of hydrogen-bond acceptors (Lipinski definition) is 4. The summed E-state index contributed by atoms with van der Waals surface area (Å²) < 4.78 is 13.8. The van der Waals surface area contributed by atoms with Crippen LogP contribution in [-0.2, 0) is 0 Å². The Morgan fingerprint density at radius 2 is 2.05 bits per heavy atom. The summed E-state index contributed by atoms with van der Waals surface area (Å²) in [5.41, 5.74) is 2.28. The number of benzene rings is 1. The smallest absolute Gasteiger partial charge is 0.224 e. The minimum atomic E-state index is -0.452. The van der Waals surface area contributed by atoms with Crippen LogP contribution in [0.2, 0.25) is 0 Å². The normalized spacial score (nSPS) is 12.0. The molecule has 1 heterocycles. The van der Waals surface area contributed by atoms with E-state index in [0.717, 1.165) is 11.1 Å². The van der Waals surface area contributed by atoms with E-state index in [2.05, 4.69) is 20.6 Å². The van der Waals surface area contributed by atoms with Crippen molar-refractivity contribution in [2.75, 3.05) is 17.2 Å². The van der Waals surface area contributed by atoms with Gasteiger partial charge in [0.05, 0.1) is 12.2 Å². The monoisotopic (exact) mass is 274 g/mol. The third-order valence-corrected chi connectivity index (χ3v) is 3.09. The second-order valence-electron chi connectivity index (χ2n) is 4.64. The molecule has 2 N–H and O–H groups in total. The van der Waals surface area contributed by atoms with Gasteiger partial charge < -0.3 is 10.6 Å². The SMILES string of the molecule is CCNc1ncc(F)c(NC(C)c2ccccc2C)n1. The summed E-state index contributed by atoms with van der Waals surface area (Å²) in [6.45, 7) is 6.65. The molecule has 0 aliphatic heterocycles. The molecule has 1 aromatic carbocycles. The Hall–Kier alpha value is -2.17. The van der Waals surface area contributed by atoms with Crippen LogP contribution in [0.4, 0.5) is 16.2 Å². The lowest BCUT2D eigenvalue weighted by Gasteiger charge is -2.17. The van der Waals surface area contributed by atoms with Crippen molar-refractivity contribution in [3.05, 3.63) is 47.4 Å². The Labute approximate surface area is 118 Å². The highest BCUT2D eigenvalue weighted by Gasteiger charge is 2.12. The summed E-state index contributed by atoms with van der Waals surface area (Å²) in [5.74, 6) is 0.187. The molecule has 2 rings (SSSR count). The number of nitrogens with one attached hydrogen (secondary N) is 2. The summed E-state index contributed by atoms with van der Waals surface area (Å²) in [4.78, 5) is 8.04. The number of anilines is 2. The van der Waals surface area contributed by atoms with Crippen LogP contribution in [0.1, 0.15) is 31.0 Å². The van der Waals surface area contributed by atoms with Crippen LogP contribution in [0.15, 0.2) is 30.5 Å². The Morgan fingerprint density at radius 3 is 2.75 bits per heavy atom. The van der Waals surface area contributed by atoms with Crippen molar-refractivity contribution in [2.24, 2.45) is 0 Å². The highest BCUT2D eigenvalue weighted by Crippen LogP contribution is 2.22. The van der Waals surface area contributed by atoms with Gasteiger partial charge in [0, 0.05) is 6.54 Å². The predicted octanol–water partition coefficient (Wildman–Crippen LogP) is 3.53. The molecule has 0 aliphatic carbocycles. The lowest BCUT2D eigenvalue weighted by Crippen LogP contribution is -2.12. The van der Waals surface area contributed by atoms with Gasteiger partial charge in [0.1, 0.15) is 0 Å². The Kier molecular flexibility index (Phi) is 4.50. The van der Waals surface area contributed by atoms with Gasteiger partial charge in [-0.15, -0.1) is 0 Å².